The molecule has 0 aromatic heterocycles. The highest BCUT2D eigenvalue weighted by molar-refractivity contribution is 6.01. The maximum atomic E-state index is 12.0. The zero-order valence-electron chi connectivity index (χ0n) is 12.2. The van der Waals surface area contributed by atoms with Crippen LogP contribution < -0.4 is 10.9 Å². The van der Waals surface area contributed by atoms with Gasteiger partial charge in [0.15, 0.2) is 0 Å². The third kappa shape index (κ3) is 3.01. The van der Waals surface area contributed by atoms with Crippen molar-refractivity contribution in [2.24, 2.45) is 0 Å². The number of hydrogen-bond acceptors (Lipinski definition) is 4. The number of nitrogens with one attached hydrogen (secondary N) is 2. The smallest absolute Gasteiger partial charge is 0.273 e. The number of aryl methyl sites for hydroxylation is 2. The van der Waals surface area contributed by atoms with Crippen molar-refractivity contribution in [2.75, 3.05) is 0 Å². The lowest BCUT2D eigenvalue weighted by Gasteiger charge is -2.11. The molecule has 114 valence electrons. The van der Waals surface area contributed by atoms with Gasteiger partial charge in [0.1, 0.15) is 11.5 Å². The molecule has 0 aliphatic carbocycles. The van der Waals surface area contributed by atoms with Gasteiger partial charge in [0, 0.05) is 0 Å². The standard InChI is InChI=1S/C16H16N2O4/c1-9-5-3-7-11(13(9)19)15(21)17-18-16(22)12-8-4-6-10(2)14(12)20/h3-8,19-20H,1-2H3,(H,17,21)(H,18,22). The van der Waals surface area contributed by atoms with Crippen molar-refractivity contribution in [3.05, 3.63) is 58.7 Å². The first-order valence-electron chi connectivity index (χ1n) is 6.59. The Labute approximate surface area is 127 Å². The summed E-state index contributed by atoms with van der Waals surface area (Å²) in [6.45, 7) is 3.32. The predicted molar refractivity (Wildman–Crippen MR) is 80.6 cm³/mol. The SMILES string of the molecule is Cc1cccc(C(=O)NNC(=O)c2cccc(C)c2O)c1O. The van der Waals surface area contributed by atoms with Crippen molar-refractivity contribution in [1.82, 2.24) is 10.9 Å². The van der Waals surface area contributed by atoms with Crippen molar-refractivity contribution in [3.8, 4) is 11.5 Å². The molecular weight excluding hydrogens is 284 g/mol. The predicted octanol–water partition coefficient (Wildman–Crippen LogP) is 1.79. The van der Waals surface area contributed by atoms with E-state index in [2.05, 4.69) is 10.9 Å². The number of phenols is 2. The molecule has 0 aliphatic rings. The van der Waals surface area contributed by atoms with E-state index in [1.807, 2.05) is 0 Å². The summed E-state index contributed by atoms with van der Waals surface area (Å²) in [5.74, 6) is -1.59. The molecule has 0 radical (unpaired) electrons. The molecule has 22 heavy (non-hydrogen) atoms. The quantitative estimate of drug-likeness (QED) is 0.635. The summed E-state index contributed by atoms with van der Waals surface area (Å²) in [4.78, 5) is 23.9. The minimum Gasteiger partial charge on any atom is -0.507 e. The minimum absolute atomic E-state index is 0.0498. The van der Waals surface area contributed by atoms with Crippen LogP contribution in [0, 0.1) is 13.8 Å². The van der Waals surface area contributed by atoms with E-state index in [0.29, 0.717) is 11.1 Å². The van der Waals surface area contributed by atoms with E-state index < -0.39 is 11.8 Å². The number of hydrogen-bond donors (Lipinski definition) is 4. The van der Waals surface area contributed by atoms with E-state index in [9.17, 15) is 19.8 Å². The molecule has 0 atom stereocenters. The fourth-order valence-electron chi connectivity index (χ4n) is 1.93. The topological polar surface area (TPSA) is 98.7 Å². The minimum atomic E-state index is -0.651. The Hall–Kier alpha value is -3.02. The molecule has 0 aliphatic heterocycles. The van der Waals surface area contributed by atoms with Crippen LogP contribution in [0.2, 0.25) is 0 Å². The molecule has 0 fully saturated rings. The van der Waals surface area contributed by atoms with Gasteiger partial charge >= 0.3 is 0 Å². The average molecular weight is 300 g/mol. The number of rotatable bonds is 2. The van der Waals surface area contributed by atoms with E-state index >= 15 is 0 Å². The van der Waals surface area contributed by atoms with Gasteiger partial charge in [-0.15, -0.1) is 0 Å². The number of carbonyl (C=O) groups is 2. The third-order valence-corrected chi connectivity index (χ3v) is 3.25. The molecule has 2 amide bonds. The first kappa shape index (κ1) is 15.4. The van der Waals surface area contributed by atoms with Crippen molar-refractivity contribution < 1.29 is 19.8 Å². The number of carbonyl (C=O) groups excluding carboxylic acids is 2. The number of benzene rings is 2. The first-order chi connectivity index (χ1) is 10.4. The molecule has 2 aromatic rings. The van der Waals surface area contributed by atoms with E-state index in [4.69, 9.17) is 0 Å². The van der Waals surface area contributed by atoms with E-state index in [-0.39, 0.29) is 22.6 Å². The molecule has 4 N–H and O–H groups in total. The van der Waals surface area contributed by atoms with Crippen molar-refractivity contribution in [2.45, 2.75) is 13.8 Å². The highest BCUT2D eigenvalue weighted by Crippen LogP contribution is 2.22. The second-order valence-electron chi connectivity index (χ2n) is 4.85. The van der Waals surface area contributed by atoms with Gasteiger partial charge in [0.25, 0.3) is 11.8 Å². The van der Waals surface area contributed by atoms with Gasteiger partial charge in [-0.1, -0.05) is 24.3 Å². The van der Waals surface area contributed by atoms with Gasteiger partial charge < -0.3 is 10.2 Å². The molecular formula is C16H16N2O4. The number of hydrazine groups is 1. The Morgan fingerprint density at radius 1 is 0.773 bits per heavy atom. The molecule has 0 spiro atoms. The Morgan fingerprint density at radius 3 is 1.50 bits per heavy atom. The molecule has 0 saturated carbocycles. The van der Waals surface area contributed by atoms with Crippen LogP contribution in [0.1, 0.15) is 31.8 Å². The van der Waals surface area contributed by atoms with E-state index in [1.54, 1.807) is 38.1 Å². The van der Waals surface area contributed by atoms with Crippen molar-refractivity contribution >= 4 is 11.8 Å². The monoisotopic (exact) mass is 300 g/mol. The normalized spacial score (nSPS) is 10.1. The van der Waals surface area contributed by atoms with Crippen LogP contribution in [-0.2, 0) is 0 Å². The molecule has 2 aromatic carbocycles. The van der Waals surface area contributed by atoms with Crippen LogP contribution >= 0.6 is 0 Å². The van der Waals surface area contributed by atoms with Gasteiger partial charge in [-0.3, -0.25) is 20.4 Å². The van der Waals surface area contributed by atoms with Gasteiger partial charge in [-0.05, 0) is 37.1 Å². The fourth-order valence-corrected chi connectivity index (χ4v) is 1.93. The number of phenolic OH excluding ortho intramolecular Hbond substituents is 2. The average Bonchev–Trinajstić information content (AvgIpc) is 2.50. The van der Waals surface area contributed by atoms with Gasteiger partial charge in [-0.25, -0.2) is 0 Å². The van der Waals surface area contributed by atoms with Crippen LogP contribution in [0.25, 0.3) is 0 Å². The largest absolute Gasteiger partial charge is 0.507 e. The summed E-state index contributed by atoms with van der Waals surface area (Å²) in [5, 5.41) is 19.6. The molecule has 0 unspecified atom stereocenters. The zero-order chi connectivity index (χ0) is 16.3. The van der Waals surface area contributed by atoms with Crippen LogP contribution in [0.15, 0.2) is 36.4 Å². The summed E-state index contributed by atoms with van der Waals surface area (Å²) < 4.78 is 0. The zero-order valence-corrected chi connectivity index (χ0v) is 12.2. The lowest BCUT2D eigenvalue weighted by Crippen LogP contribution is -2.41. The molecule has 6 heteroatoms. The van der Waals surface area contributed by atoms with Gasteiger partial charge in [0.05, 0.1) is 11.1 Å². The molecule has 0 saturated heterocycles. The summed E-state index contributed by atoms with van der Waals surface area (Å²) in [7, 11) is 0. The summed E-state index contributed by atoms with van der Waals surface area (Å²) in [5.41, 5.74) is 5.61. The molecule has 6 nitrogen and oxygen atoms in total. The Balaban J connectivity index is 2.09. The maximum absolute atomic E-state index is 12.0. The molecule has 2 rings (SSSR count). The second-order valence-corrected chi connectivity index (χ2v) is 4.85. The molecule has 0 bridgehead atoms. The van der Waals surface area contributed by atoms with Crippen molar-refractivity contribution in [1.29, 1.82) is 0 Å². The number of aromatic hydroxyl groups is 2. The van der Waals surface area contributed by atoms with E-state index in [1.165, 1.54) is 12.1 Å². The van der Waals surface area contributed by atoms with Crippen molar-refractivity contribution in [3.63, 3.8) is 0 Å². The van der Waals surface area contributed by atoms with Crippen LogP contribution in [-0.4, -0.2) is 22.0 Å². The second kappa shape index (κ2) is 6.17. The number of amides is 2. The maximum Gasteiger partial charge on any atom is 0.273 e. The van der Waals surface area contributed by atoms with E-state index in [0.717, 1.165) is 0 Å². The third-order valence-electron chi connectivity index (χ3n) is 3.25. The summed E-state index contributed by atoms with van der Waals surface area (Å²) >= 11 is 0. The summed E-state index contributed by atoms with van der Waals surface area (Å²) in [6, 6.07) is 9.45. The Morgan fingerprint density at radius 2 is 1.14 bits per heavy atom. The Kier molecular flexibility index (Phi) is 4.31. The fraction of sp³-hybridized carbons (Fsp3) is 0.125. The first-order valence-corrected chi connectivity index (χ1v) is 6.59. The highest BCUT2D eigenvalue weighted by Gasteiger charge is 2.16. The van der Waals surface area contributed by atoms with Crippen LogP contribution in [0.4, 0.5) is 0 Å². The van der Waals surface area contributed by atoms with Gasteiger partial charge in [-0.2, -0.15) is 0 Å². The van der Waals surface area contributed by atoms with Crippen LogP contribution in [0.3, 0.4) is 0 Å². The van der Waals surface area contributed by atoms with Gasteiger partial charge in [0.2, 0.25) is 0 Å². The lowest BCUT2D eigenvalue weighted by atomic mass is 10.1. The number of para-hydroxylation sites is 2. The summed E-state index contributed by atoms with van der Waals surface area (Å²) in [6.07, 6.45) is 0. The lowest BCUT2D eigenvalue weighted by molar-refractivity contribution is 0.0843. The molecule has 0 heterocycles. The Bertz CT molecular complexity index is 677. The highest BCUT2D eigenvalue weighted by atomic mass is 16.3. The van der Waals surface area contributed by atoms with Crippen LogP contribution in [0.5, 0.6) is 11.5 Å².